The number of amides is 1. The predicted octanol–water partition coefficient (Wildman–Crippen LogP) is 3.68. The number of anilines is 1. The molecule has 0 bridgehead atoms. The zero-order valence-corrected chi connectivity index (χ0v) is 11.7. The van der Waals surface area contributed by atoms with Gasteiger partial charge in [-0.05, 0) is 55.8 Å². The summed E-state index contributed by atoms with van der Waals surface area (Å²) >= 11 is 0. The predicted molar refractivity (Wildman–Crippen MR) is 76.3 cm³/mol. The van der Waals surface area contributed by atoms with Crippen molar-refractivity contribution >= 4 is 11.6 Å². The first-order valence-corrected chi connectivity index (χ1v) is 6.45. The topological polar surface area (TPSA) is 38.3 Å². The average molecular weight is 291 g/mol. The van der Waals surface area contributed by atoms with Crippen LogP contribution in [0.2, 0.25) is 0 Å². The highest BCUT2D eigenvalue weighted by Crippen LogP contribution is 2.18. The summed E-state index contributed by atoms with van der Waals surface area (Å²) < 4.78 is 31.3. The van der Waals surface area contributed by atoms with Crippen molar-refractivity contribution in [1.29, 1.82) is 0 Å². The molecule has 1 N–H and O–H groups in total. The van der Waals surface area contributed by atoms with Gasteiger partial charge < -0.3 is 10.1 Å². The molecule has 0 aliphatic heterocycles. The largest absolute Gasteiger partial charge is 0.481 e. The number of carbonyl (C=O) groups is 1. The molecule has 0 heterocycles. The molecule has 0 unspecified atom stereocenters. The van der Waals surface area contributed by atoms with Crippen LogP contribution in [0.25, 0.3) is 0 Å². The van der Waals surface area contributed by atoms with Crippen LogP contribution in [0.3, 0.4) is 0 Å². The molecule has 0 saturated carbocycles. The van der Waals surface area contributed by atoms with Crippen LogP contribution in [0.1, 0.15) is 12.5 Å². The van der Waals surface area contributed by atoms with Gasteiger partial charge in [0.2, 0.25) is 0 Å². The number of hydrogen-bond acceptors (Lipinski definition) is 2. The van der Waals surface area contributed by atoms with E-state index in [4.69, 9.17) is 4.74 Å². The molecular formula is C16H15F2NO2. The van der Waals surface area contributed by atoms with Gasteiger partial charge in [0.15, 0.2) is 6.10 Å². The Bertz CT molecular complexity index is 641. The maximum atomic E-state index is 13.2. The molecule has 2 aromatic rings. The number of carbonyl (C=O) groups excluding carboxylic acids is 1. The molecule has 0 aromatic heterocycles. The fourth-order valence-electron chi connectivity index (χ4n) is 1.73. The van der Waals surface area contributed by atoms with E-state index in [9.17, 15) is 13.6 Å². The molecule has 2 rings (SSSR count). The minimum atomic E-state index is -0.793. The second-order valence-electron chi connectivity index (χ2n) is 4.66. The van der Waals surface area contributed by atoms with Crippen LogP contribution < -0.4 is 10.1 Å². The molecule has 0 radical (unpaired) electrons. The van der Waals surface area contributed by atoms with Crippen LogP contribution in [0.15, 0.2) is 42.5 Å². The van der Waals surface area contributed by atoms with Gasteiger partial charge in [0, 0.05) is 5.69 Å². The molecule has 5 heteroatoms. The Morgan fingerprint density at radius 3 is 2.38 bits per heavy atom. The molecule has 2 aromatic carbocycles. The maximum absolute atomic E-state index is 13.2. The van der Waals surface area contributed by atoms with Crippen molar-refractivity contribution in [2.45, 2.75) is 20.0 Å². The van der Waals surface area contributed by atoms with Crippen LogP contribution >= 0.6 is 0 Å². The first-order valence-electron chi connectivity index (χ1n) is 6.45. The van der Waals surface area contributed by atoms with Gasteiger partial charge in [0.1, 0.15) is 17.4 Å². The Morgan fingerprint density at radius 1 is 1.10 bits per heavy atom. The number of nitrogens with one attached hydrogen (secondary N) is 1. The normalized spacial score (nSPS) is 11.8. The number of ether oxygens (including phenoxy) is 1. The number of rotatable bonds is 4. The monoisotopic (exact) mass is 291 g/mol. The number of aryl methyl sites for hydroxylation is 1. The first-order chi connectivity index (χ1) is 9.95. The lowest BCUT2D eigenvalue weighted by atomic mass is 10.2. The van der Waals surface area contributed by atoms with Gasteiger partial charge in [-0.2, -0.15) is 0 Å². The molecule has 110 valence electrons. The van der Waals surface area contributed by atoms with Crippen molar-refractivity contribution in [2.24, 2.45) is 0 Å². The second kappa shape index (κ2) is 6.35. The Hall–Kier alpha value is -2.43. The van der Waals surface area contributed by atoms with Crippen molar-refractivity contribution in [2.75, 3.05) is 5.32 Å². The number of hydrogen-bond donors (Lipinski definition) is 1. The molecule has 21 heavy (non-hydrogen) atoms. The molecule has 0 fully saturated rings. The van der Waals surface area contributed by atoms with Gasteiger partial charge >= 0.3 is 0 Å². The van der Waals surface area contributed by atoms with Gasteiger partial charge in [-0.25, -0.2) is 8.78 Å². The zero-order chi connectivity index (χ0) is 15.4. The standard InChI is InChI=1S/C16H15F2NO2/c1-10-3-4-13(18)9-15(10)19-16(20)11(2)21-14-7-5-12(17)6-8-14/h3-9,11H,1-2H3,(H,19,20)/t11-/m1/s1. The van der Waals surface area contributed by atoms with Crippen molar-refractivity contribution in [3.05, 3.63) is 59.7 Å². The fourth-order valence-corrected chi connectivity index (χ4v) is 1.73. The Morgan fingerprint density at radius 2 is 1.71 bits per heavy atom. The van der Waals surface area contributed by atoms with Crippen molar-refractivity contribution in [1.82, 2.24) is 0 Å². The third kappa shape index (κ3) is 4.02. The van der Waals surface area contributed by atoms with E-state index < -0.39 is 17.8 Å². The zero-order valence-electron chi connectivity index (χ0n) is 11.7. The molecule has 1 atom stereocenters. The lowest BCUT2D eigenvalue weighted by molar-refractivity contribution is -0.122. The lowest BCUT2D eigenvalue weighted by Crippen LogP contribution is -2.30. The summed E-state index contributed by atoms with van der Waals surface area (Å²) in [6.07, 6.45) is -0.793. The third-order valence-electron chi connectivity index (χ3n) is 2.95. The molecular weight excluding hydrogens is 276 g/mol. The van der Waals surface area contributed by atoms with Gasteiger partial charge in [0.05, 0.1) is 0 Å². The Kier molecular flexibility index (Phi) is 4.52. The van der Waals surface area contributed by atoms with Crippen LogP contribution in [0.4, 0.5) is 14.5 Å². The van der Waals surface area contributed by atoms with E-state index in [2.05, 4.69) is 5.32 Å². The summed E-state index contributed by atoms with van der Waals surface area (Å²) in [6.45, 7) is 3.33. The molecule has 0 spiro atoms. The summed E-state index contributed by atoms with van der Waals surface area (Å²) in [4.78, 5) is 12.0. The molecule has 3 nitrogen and oxygen atoms in total. The van der Waals surface area contributed by atoms with E-state index >= 15 is 0 Å². The van der Waals surface area contributed by atoms with E-state index in [0.29, 0.717) is 11.4 Å². The Balaban J connectivity index is 2.02. The van der Waals surface area contributed by atoms with Gasteiger partial charge in [-0.1, -0.05) is 6.07 Å². The lowest BCUT2D eigenvalue weighted by Gasteiger charge is -2.15. The van der Waals surface area contributed by atoms with Crippen LogP contribution in [-0.2, 0) is 4.79 Å². The summed E-state index contributed by atoms with van der Waals surface area (Å²) in [5.74, 6) is -0.833. The SMILES string of the molecule is Cc1ccc(F)cc1NC(=O)[C@@H](C)Oc1ccc(F)cc1. The summed E-state index contributed by atoms with van der Waals surface area (Å²) in [5, 5.41) is 2.60. The van der Waals surface area contributed by atoms with Crippen molar-refractivity contribution < 1.29 is 18.3 Å². The van der Waals surface area contributed by atoms with Gasteiger partial charge in [0.25, 0.3) is 5.91 Å². The highest BCUT2D eigenvalue weighted by molar-refractivity contribution is 5.94. The quantitative estimate of drug-likeness (QED) is 0.933. The van der Waals surface area contributed by atoms with Crippen LogP contribution in [0.5, 0.6) is 5.75 Å². The molecule has 0 saturated heterocycles. The summed E-state index contributed by atoms with van der Waals surface area (Å²) in [7, 11) is 0. The second-order valence-corrected chi connectivity index (χ2v) is 4.66. The van der Waals surface area contributed by atoms with Gasteiger partial charge in [-0.15, -0.1) is 0 Å². The minimum Gasteiger partial charge on any atom is -0.481 e. The van der Waals surface area contributed by atoms with E-state index in [0.717, 1.165) is 5.56 Å². The van der Waals surface area contributed by atoms with Crippen LogP contribution in [0, 0.1) is 18.6 Å². The molecule has 0 aliphatic rings. The van der Waals surface area contributed by atoms with E-state index in [1.54, 1.807) is 19.9 Å². The van der Waals surface area contributed by atoms with E-state index in [-0.39, 0.29) is 5.82 Å². The fraction of sp³-hybridized carbons (Fsp3) is 0.188. The third-order valence-corrected chi connectivity index (χ3v) is 2.95. The maximum Gasteiger partial charge on any atom is 0.265 e. The smallest absolute Gasteiger partial charge is 0.265 e. The van der Waals surface area contributed by atoms with Crippen LogP contribution in [-0.4, -0.2) is 12.0 Å². The minimum absolute atomic E-state index is 0.380. The van der Waals surface area contributed by atoms with Crippen molar-refractivity contribution in [3.8, 4) is 5.75 Å². The van der Waals surface area contributed by atoms with Crippen molar-refractivity contribution in [3.63, 3.8) is 0 Å². The summed E-state index contributed by atoms with van der Waals surface area (Å²) in [5.41, 5.74) is 1.15. The molecule has 1 amide bonds. The van der Waals surface area contributed by atoms with E-state index in [1.807, 2.05) is 0 Å². The molecule has 0 aliphatic carbocycles. The number of halogens is 2. The Labute approximate surface area is 121 Å². The first kappa shape index (κ1) is 15.0. The summed E-state index contributed by atoms with van der Waals surface area (Å²) in [6, 6.07) is 9.52. The highest BCUT2D eigenvalue weighted by Gasteiger charge is 2.16. The number of benzene rings is 2. The van der Waals surface area contributed by atoms with Gasteiger partial charge in [-0.3, -0.25) is 4.79 Å². The highest BCUT2D eigenvalue weighted by atomic mass is 19.1. The average Bonchev–Trinajstić information content (AvgIpc) is 2.45. The van der Waals surface area contributed by atoms with E-state index in [1.165, 1.54) is 36.4 Å².